The normalized spacial score (nSPS) is 13.5. The molecule has 0 aliphatic rings. The van der Waals surface area contributed by atoms with E-state index in [2.05, 4.69) is 21.3 Å². The van der Waals surface area contributed by atoms with Crippen molar-refractivity contribution in [2.45, 2.75) is 97.6 Å². The molecule has 0 saturated carbocycles. The molecule has 0 aromatic heterocycles. The lowest BCUT2D eigenvalue weighted by Crippen LogP contribution is -2.56. The van der Waals surface area contributed by atoms with Gasteiger partial charge in [-0.3, -0.25) is 14.4 Å². The van der Waals surface area contributed by atoms with E-state index >= 15 is 0 Å². The van der Waals surface area contributed by atoms with E-state index in [4.69, 9.17) is 9.47 Å². The Morgan fingerprint density at radius 2 is 1.13 bits per heavy atom. The summed E-state index contributed by atoms with van der Waals surface area (Å²) in [4.78, 5) is 64.9. The Kier molecular flexibility index (Phi) is 13.6. The largest absolute Gasteiger partial charge is 0.458 e. The summed E-state index contributed by atoms with van der Waals surface area (Å²) in [6.07, 6.45) is -0.406. The highest BCUT2D eigenvalue weighted by atomic mass is 16.6. The van der Waals surface area contributed by atoms with Crippen molar-refractivity contribution < 1.29 is 33.4 Å². The zero-order valence-corrected chi connectivity index (χ0v) is 27.6. The lowest BCUT2D eigenvalue weighted by Gasteiger charge is -2.27. The summed E-state index contributed by atoms with van der Waals surface area (Å²) in [6, 6.07) is 15.3. The highest BCUT2D eigenvalue weighted by Gasteiger charge is 2.32. The molecular formula is C34H48N4O7. The van der Waals surface area contributed by atoms with Gasteiger partial charge in [-0.2, -0.15) is 0 Å². The van der Waals surface area contributed by atoms with E-state index < -0.39 is 65.7 Å². The SMILES string of the molecule is CC(C)[C@H](NC(=O)CNC(=O)[C@H](Cc1ccccc1)NC(=O)OC(C)(C)C)C(=O)N[C@@H](Cc1ccccc1)C(=O)OC(C)(C)C. The fraction of sp³-hybridized carbons (Fsp3) is 0.500. The van der Waals surface area contributed by atoms with Crippen LogP contribution in [0.1, 0.15) is 66.5 Å². The molecule has 4 amide bonds. The zero-order chi connectivity index (χ0) is 33.8. The summed E-state index contributed by atoms with van der Waals surface area (Å²) < 4.78 is 10.9. The molecule has 4 N–H and O–H groups in total. The van der Waals surface area contributed by atoms with E-state index in [-0.39, 0.29) is 18.8 Å². The Morgan fingerprint density at radius 3 is 1.60 bits per heavy atom. The van der Waals surface area contributed by atoms with Crippen LogP contribution < -0.4 is 21.3 Å². The van der Waals surface area contributed by atoms with E-state index in [0.29, 0.717) is 0 Å². The van der Waals surface area contributed by atoms with Gasteiger partial charge in [-0.15, -0.1) is 0 Å². The third kappa shape index (κ3) is 14.3. The van der Waals surface area contributed by atoms with Gasteiger partial charge >= 0.3 is 12.1 Å². The second-order valence-electron chi connectivity index (χ2n) is 13.2. The Bertz CT molecular complexity index is 1290. The maximum Gasteiger partial charge on any atom is 0.408 e. The highest BCUT2D eigenvalue weighted by molar-refractivity contribution is 5.93. The van der Waals surface area contributed by atoms with Gasteiger partial charge in [-0.1, -0.05) is 74.5 Å². The first-order valence-corrected chi connectivity index (χ1v) is 15.1. The molecular weight excluding hydrogens is 576 g/mol. The van der Waals surface area contributed by atoms with Crippen LogP contribution >= 0.6 is 0 Å². The fourth-order valence-electron chi connectivity index (χ4n) is 4.24. The van der Waals surface area contributed by atoms with E-state index in [9.17, 15) is 24.0 Å². The molecule has 2 aromatic carbocycles. The quantitative estimate of drug-likeness (QED) is 0.249. The Hall–Kier alpha value is -4.41. The highest BCUT2D eigenvalue weighted by Crippen LogP contribution is 2.13. The van der Waals surface area contributed by atoms with Gasteiger partial charge in [0.15, 0.2) is 0 Å². The van der Waals surface area contributed by atoms with Crippen molar-refractivity contribution in [2.24, 2.45) is 5.92 Å². The van der Waals surface area contributed by atoms with Crippen molar-refractivity contribution in [1.82, 2.24) is 21.3 Å². The summed E-state index contributed by atoms with van der Waals surface area (Å²) in [5, 5.41) is 10.5. The van der Waals surface area contributed by atoms with Gasteiger partial charge in [0.05, 0.1) is 6.54 Å². The molecule has 0 saturated heterocycles. The molecule has 0 radical (unpaired) electrons. The Balaban J connectivity index is 2.09. The van der Waals surface area contributed by atoms with Crippen molar-refractivity contribution >= 4 is 29.8 Å². The number of amides is 4. The van der Waals surface area contributed by atoms with Crippen LogP contribution in [-0.2, 0) is 41.5 Å². The Morgan fingerprint density at radius 1 is 0.644 bits per heavy atom. The van der Waals surface area contributed by atoms with Crippen molar-refractivity contribution in [3.63, 3.8) is 0 Å². The van der Waals surface area contributed by atoms with Crippen LogP contribution in [0.25, 0.3) is 0 Å². The number of hydrogen-bond donors (Lipinski definition) is 4. The number of carbonyl (C=O) groups is 5. The topological polar surface area (TPSA) is 152 Å². The monoisotopic (exact) mass is 624 g/mol. The van der Waals surface area contributed by atoms with Gasteiger partial charge in [-0.25, -0.2) is 9.59 Å². The molecule has 11 nitrogen and oxygen atoms in total. The molecule has 0 bridgehead atoms. The Labute approximate surface area is 266 Å². The minimum atomic E-state index is -1.02. The van der Waals surface area contributed by atoms with E-state index in [1.807, 2.05) is 60.7 Å². The average Bonchev–Trinajstić information content (AvgIpc) is 2.92. The van der Waals surface area contributed by atoms with E-state index in [1.165, 1.54) is 0 Å². The molecule has 3 atom stereocenters. The first kappa shape index (κ1) is 36.8. The fourth-order valence-corrected chi connectivity index (χ4v) is 4.24. The van der Waals surface area contributed by atoms with E-state index in [1.54, 1.807) is 55.4 Å². The van der Waals surface area contributed by atoms with Crippen LogP contribution in [0.3, 0.4) is 0 Å². The first-order chi connectivity index (χ1) is 20.9. The first-order valence-electron chi connectivity index (χ1n) is 15.1. The summed E-state index contributed by atoms with van der Waals surface area (Å²) in [5.74, 6) is -2.73. The number of alkyl carbamates (subject to hydrolysis) is 1. The van der Waals surface area contributed by atoms with Crippen LogP contribution in [-0.4, -0.2) is 65.7 Å². The zero-order valence-electron chi connectivity index (χ0n) is 27.6. The van der Waals surface area contributed by atoms with Gasteiger partial charge in [0.1, 0.15) is 29.3 Å². The van der Waals surface area contributed by atoms with Crippen molar-refractivity contribution in [2.75, 3.05) is 6.54 Å². The summed E-state index contributed by atoms with van der Waals surface area (Å²) >= 11 is 0. The summed E-state index contributed by atoms with van der Waals surface area (Å²) in [7, 11) is 0. The van der Waals surface area contributed by atoms with Gasteiger partial charge in [0.25, 0.3) is 0 Å². The smallest absolute Gasteiger partial charge is 0.408 e. The number of carbonyl (C=O) groups excluding carboxylic acids is 5. The minimum absolute atomic E-state index is 0.165. The number of benzene rings is 2. The van der Waals surface area contributed by atoms with Crippen LogP contribution in [0.5, 0.6) is 0 Å². The minimum Gasteiger partial charge on any atom is -0.458 e. The standard InChI is InChI=1S/C34H48N4O7/c1-22(2)28(30(41)36-26(31(42)44-33(3,4)5)20-24-17-13-10-14-18-24)38-27(39)21-35-29(40)25(19-23-15-11-9-12-16-23)37-32(43)45-34(6,7)8/h9-18,22,25-26,28H,19-21H2,1-8H3,(H,35,40)(H,36,41)(H,37,43)(H,38,39)/t25-,26-,28-/m0/s1. The van der Waals surface area contributed by atoms with Gasteiger partial charge in [0.2, 0.25) is 17.7 Å². The second kappa shape index (κ2) is 16.6. The number of esters is 1. The molecule has 0 fully saturated rings. The van der Waals surface area contributed by atoms with E-state index in [0.717, 1.165) is 11.1 Å². The molecule has 246 valence electrons. The van der Waals surface area contributed by atoms with Crippen molar-refractivity contribution in [3.8, 4) is 0 Å². The van der Waals surface area contributed by atoms with Crippen molar-refractivity contribution in [1.29, 1.82) is 0 Å². The number of hydrogen-bond acceptors (Lipinski definition) is 7. The maximum absolute atomic E-state index is 13.4. The lowest BCUT2D eigenvalue weighted by molar-refractivity contribution is -0.158. The van der Waals surface area contributed by atoms with Crippen LogP contribution in [0, 0.1) is 5.92 Å². The average molecular weight is 625 g/mol. The number of ether oxygens (including phenoxy) is 2. The number of nitrogens with one attached hydrogen (secondary N) is 4. The van der Waals surface area contributed by atoms with Crippen LogP contribution in [0.2, 0.25) is 0 Å². The van der Waals surface area contributed by atoms with Crippen LogP contribution in [0.4, 0.5) is 4.79 Å². The molecule has 2 aromatic rings. The molecule has 2 rings (SSSR count). The number of rotatable bonds is 13. The molecule has 0 aliphatic heterocycles. The summed E-state index contributed by atoms with van der Waals surface area (Å²) in [6.45, 7) is 13.4. The lowest BCUT2D eigenvalue weighted by atomic mass is 10.0. The molecule has 0 aliphatic carbocycles. The summed E-state index contributed by atoms with van der Waals surface area (Å²) in [5.41, 5.74) is 0.0850. The van der Waals surface area contributed by atoms with Gasteiger partial charge in [0, 0.05) is 12.8 Å². The third-order valence-electron chi connectivity index (χ3n) is 6.27. The maximum atomic E-state index is 13.4. The predicted octanol–water partition coefficient (Wildman–Crippen LogP) is 3.45. The molecule has 0 unspecified atom stereocenters. The predicted molar refractivity (Wildman–Crippen MR) is 171 cm³/mol. The molecule has 11 heteroatoms. The molecule has 0 spiro atoms. The van der Waals surface area contributed by atoms with Crippen molar-refractivity contribution in [3.05, 3.63) is 71.8 Å². The second-order valence-corrected chi connectivity index (χ2v) is 13.2. The molecule has 45 heavy (non-hydrogen) atoms. The van der Waals surface area contributed by atoms with Crippen LogP contribution in [0.15, 0.2) is 60.7 Å². The van der Waals surface area contributed by atoms with Gasteiger partial charge < -0.3 is 30.7 Å². The third-order valence-corrected chi connectivity index (χ3v) is 6.27. The van der Waals surface area contributed by atoms with Gasteiger partial charge in [-0.05, 0) is 58.6 Å². The molecule has 0 heterocycles.